The first-order valence-electron chi connectivity index (χ1n) is 7.84. The van der Waals surface area contributed by atoms with Crippen molar-refractivity contribution in [2.75, 3.05) is 26.7 Å². The number of likely N-dealkylation sites (N-methyl/N-ethyl adjacent to an activating group) is 1. The zero-order valence-electron chi connectivity index (χ0n) is 13.2. The highest BCUT2D eigenvalue weighted by Gasteiger charge is 2.27. The van der Waals surface area contributed by atoms with E-state index in [9.17, 15) is 4.79 Å². The fraction of sp³-hybridized carbons (Fsp3) is 0.333. The maximum atomic E-state index is 12.8. The standard InChI is InChI=1S/C18H21N3O2/c1-21(12-8-14-6-9-19-10-7-14)18(22)17-15-4-2-3-5-16(15)23-13-11-20-17/h2-7,9-10,17,20H,8,11-13H2,1H3. The number of pyridine rings is 1. The maximum absolute atomic E-state index is 12.8. The Hall–Kier alpha value is -2.40. The number of nitrogens with zero attached hydrogens (tertiary/aromatic N) is 2. The molecule has 0 radical (unpaired) electrons. The second-order valence-electron chi connectivity index (χ2n) is 5.64. The molecule has 1 amide bonds. The fourth-order valence-corrected chi connectivity index (χ4v) is 2.72. The second-order valence-corrected chi connectivity index (χ2v) is 5.64. The molecule has 0 saturated heterocycles. The third-order valence-electron chi connectivity index (χ3n) is 4.05. The fourth-order valence-electron chi connectivity index (χ4n) is 2.72. The number of carbonyl (C=O) groups is 1. The molecule has 2 aromatic rings. The average molecular weight is 311 g/mol. The van der Waals surface area contributed by atoms with Crippen LogP contribution in [0.15, 0.2) is 48.8 Å². The lowest BCUT2D eigenvalue weighted by atomic mass is 10.0. The number of fused-ring (bicyclic) bond motifs is 1. The van der Waals surface area contributed by atoms with Crippen LogP contribution in [0.25, 0.3) is 0 Å². The Morgan fingerprint density at radius 2 is 2.09 bits per heavy atom. The Morgan fingerprint density at radius 1 is 1.30 bits per heavy atom. The number of nitrogens with one attached hydrogen (secondary N) is 1. The molecular formula is C18H21N3O2. The maximum Gasteiger partial charge on any atom is 0.244 e. The molecule has 0 fully saturated rings. The molecule has 1 aliphatic heterocycles. The van der Waals surface area contributed by atoms with Gasteiger partial charge in [0.1, 0.15) is 18.4 Å². The molecule has 23 heavy (non-hydrogen) atoms. The van der Waals surface area contributed by atoms with E-state index in [2.05, 4.69) is 10.3 Å². The highest BCUT2D eigenvalue weighted by molar-refractivity contribution is 5.84. The number of rotatable bonds is 4. The lowest BCUT2D eigenvalue weighted by Crippen LogP contribution is -2.39. The number of hydrogen-bond donors (Lipinski definition) is 1. The average Bonchev–Trinajstić information content (AvgIpc) is 2.82. The van der Waals surface area contributed by atoms with Gasteiger partial charge >= 0.3 is 0 Å². The molecule has 0 aliphatic carbocycles. The van der Waals surface area contributed by atoms with Crippen molar-refractivity contribution in [2.45, 2.75) is 12.5 Å². The van der Waals surface area contributed by atoms with E-state index in [1.54, 1.807) is 17.3 Å². The van der Waals surface area contributed by atoms with E-state index in [4.69, 9.17) is 4.74 Å². The highest BCUT2D eigenvalue weighted by Crippen LogP contribution is 2.28. The topological polar surface area (TPSA) is 54.5 Å². The Bertz CT molecular complexity index is 660. The number of amides is 1. The molecule has 120 valence electrons. The lowest BCUT2D eigenvalue weighted by molar-refractivity contribution is -0.132. The van der Waals surface area contributed by atoms with Crippen LogP contribution < -0.4 is 10.1 Å². The van der Waals surface area contributed by atoms with Crippen LogP contribution in [0.1, 0.15) is 17.2 Å². The van der Waals surface area contributed by atoms with Gasteiger partial charge in [0, 0.05) is 38.1 Å². The van der Waals surface area contributed by atoms with E-state index < -0.39 is 0 Å². The van der Waals surface area contributed by atoms with Gasteiger partial charge in [-0.05, 0) is 30.2 Å². The van der Waals surface area contributed by atoms with Crippen molar-refractivity contribution in [3.63, 3.8) is 0 Å². The van der Waals surface area contributed by atoms with Crippen LogP contribution in [0.5, 0.6) is 5.75 Å². The molecule has 1 unspecified atom stereocenters. The molecule has 0 spiro atoms. The molecule has 0 bridgehead atoms. The molecule has 1 aromatic heterocycles. The summed E-state index contributed by atoms with van der Waals surface area (Å²) in [5, 5.41) is 3.29. The summed E-state index contributed by atoms with van der Waals surface area (Å²) in [5.41, 5.74) is 2.09. The third kappa shape index (κ3) is 3.68. The number of hydrogen-bond acceptors (Lipinski definition) is 4. The van der Waals surface area contributed by atoms with Crippen LogP contribution >= 0.6 is 0 Å². The zero-order valence-corrected chi connectivity index (χ0v) is 13.2. The Labute approximate surface area is 136 Å². The van der Waals surface area contributed by atoms with Crippen LogP contribution in [0, 0.1) is 0 Å². The Balaban J connectivity index is 1.69. The quantitative estimate of drug-likeness (QED) is 0.935. The van der Waals surface area contributed by atoms with Gasteiger partial charge in [0.15, 0.2) is 0 Å². The minimum atomic E-state index is -0.351. The molecule has 1 N–H and O–H groups in total. The predicted octanol–water partition coefficient (Wildman–Crippen LogP) is 1.81. The molecule has 2 heterocycles. The van der Waals surface area contributed by atoms with Crippen LogP contribution in [0.4, 0.5) is 0 Å². The normalized spacial score (nSPS) is 16.8. The van der Waals surface area contributed by atoms with Gasteiger partial charge in [-0.1, -0.05) is 18.2 Å². The van der Waals surface area contributed by atoms with Crippen molar-refractivity contribution in [2.24, 2.45) is 0 Å². The number of para-hydroxylation sites is 1. The molecule has 3 rings (SSSR count). The molecule has 5 nitrogen and oxygen atoms in total. The predicted molar refractivity (Wildman–Crippen MR) is 88.3 cm³/mol. The van der Waals surface area contributed by atoms with E-state index in [0.717, 1.165) is 17.7 Å². The minimum Gasteiger partial charge on any atom is -0.492 e. The second kappa shape index (κ2) is 7.24. The first-order chi connectivity index (χ1) is 11.3. The summed E-state index contributed by atoms with van der Waals surface area (Å²) >= 11 is 0. The van der Waals surface area contributed by atoms with Crippen LogP contribution in [0.3, 0.4) is 0 Å². The summed E-state index contributed by atoms with van der Waals surface area (Å²) < 4.78 is 5.70. The van der Waals surface area contributed by atoms with Crippen molar-refractivity contribution in [3.05, 3.63) is 59.9 Å². The third-order valence-corrected chi connectivity index (χ3v) is 4.05. The minimum absolute atomic E-state index is 0.0667. The number of aromatic nitrogens is 1. The van der Waals surface area contributed by atoms with Gasteiger partial charge in [0.25, 0.3) is 0 Å². The van der Waals surface area contributed by atoms with E-state index in [0.29, 0.717) is 19.7 Å². The van der Waals surface area contributed by atoms with Gasteiger partial charge < -0.3 is 9.64 Å². The first-order valence-corrected chi connectivity index (χ1v) is 7.84. The number of benzene rings is 1. The Morgan fingerprint density at radius 3 is 2.91 bits per heavy atom. The van der Waals surface area contributed by atoms with Gasteiger partial charge in [-0.25, -0.2) is 0 Å². The van der Waals surface area contributed by atoms with Crippen LogP contribution in [-0.4, -0.2) is 42.5 Å². The highest BCUT2D eigenvalue weighted by atomic mass is 16.5. The SMILES string of the molecule is CN(CCc1ccncc1)C(=O)C1NCCOc2ccccc21. The van der Waals surface area contributed by atoms with Crippen LogP contribution in [0.2, 0.25) is 0 Å². The molecule has 5 heteroatoms. The number of carbonyl (C=O) groups excluding carboxylic acids is 1. The van der Waals surface area contributed by atoms with E-state index in [-0.39, 0.29) is 11.9 Å². The molecule has 1 atom stereocenters. The van der Waals surface area contributed by atoms with Gasteiger partial charge in [-0.3, -0.25) is 15.1 Å². The van der Waals surface area contributed by atoms with Gasteiger partial charge in [-0.2, -0.15) is 0 Å². The molecule has 0 saturated carbocycles. The zero-order chi connectivity index (χ0) is 16.1. The summed E-state index contributed by atoms with van der Waals surface area (Å²) in [7, 11) is 1.85. The van der Waals surface area contributed by atoms with Crippen molar-refractivity contribution < 1.29 is 9.53 Å². The number of ether oxygens (including phenoxy) is 1. The Kier molecular flexibility index (Phi) is 4.88. The van der Waals surface area contributed by atoms with Gasteiger partial charge in [0.05, 0.1) is 0 Å². The van der Waals surface area contributed by atoms with Crippen molar-refractivity contribution in [1.82, 2.24) is 15.2 Å². The summed E-state index contributed by atoms with van der Waals surface area (Å²) in [6.45, 7) is 1.90. The first kappa shape index (κ1) is 15.5. The summed E-state index contributed by atoms with van der Waals surface area (Å²) in [6, 6.07) is 11.3. The molecule has 1 aromatic carbocycles. The summed E-state index contributed by atoms with van der Waals surface area (Å²) in [4.78, 5) is 18.6. The van der Waals surface area contributed by atoms with Crippen molar-refractivity contribution >= 4 is 5.91 Å². The molecule has 1 aliphatic rings. The smallest absolute Gasteiger partial charge is 0.244 e. The monoisotopic (exact) mass is 311 g/mol. The molecular weight excluding hydrogens is 290 g/mol. The van der Waals surface area contributed by atoms with Crippen molar-refractivity contribution in [3.8, 4) is 5.75 Å². The largest absolute Gasteiger partial charge is 0.492 e. The van der Waals surface area contributed by atoms with Gasteiger partial charge in [0.2, 0.25) is 5.91 Å². The van der Waals surface area contributed by atoms with E-state index >= 15 is 0 Å². The van der Waals surface area contributed by atoms with E-state index in [1.807, 2.05) is 43.4 Å². The lowest BCUT2D eigenvalue weighted by Gasteiger charge is -2.24. The van der Waals surface area contributed by atoms with Gasteiger partial charge in [-0.15, -0.1) is 0 Å². The summed E-state index contributed by atoms with van der Waals surface area (Å²) in [6.07, 6.45) is 4.37. The van der Waals surface area contributed by atoms with Crippen LogP contribution in [-0.2, 0) is 11.2 Å². The summed E-state index contributed by atoms with van der Waals surface area (Å²) in [5.74, 6) is 0.857. The van der Waals surface area contributed by atoms with E-state index in [1.165, 1.54) is 5.56 Å². The van der Waals surface area contributed by atoms with Crippen molar-refractivity contribution in [1.29, 1.82) is 0 Å².